The number of rotatable bonds is 15. The van der Waals surface area contributed by atoms with Crippen molar-refractivity contribution in [1.82, 2.24) is 30.2 Å². The Morgan fingerprint density at radius 3 is 1.54 bits per heavy atom. The molecule has 0 aromatic carbocycles. The van der Waals surface area contributed by atoms with Crippen LogP contribution in [0.5, 0.6) is 0 Å². The molecule has 20 heteroatoms. The zero-order valence-corrected chi connectivity index (χ0v) is 28.8. The van der Waals surface area contributed by atoms with Gasteiger partial charge in [0.15, 0.2) is 0 Å². The maximum absolute atomic E-state index is 14.0. The van der Waals surface area contributed by atoms with Gasteiger partial charge in [0.1, 0.15) is 36.3 Å². The van der Waals surface area contributed by atoms with Crippen LogP contribution in [0.15, 0.2) is 0 Å². The largest absolute Gasteiger partial charge is 0.481 e. The van der Waals surface area contributed by atoms with Crippen LogP contribution in [0.3, 0.4) is 0 Å². The molecule has 0 bridgehead atoms. The van der Waals surface area contributed by atoms with Crippen LogP contribution in [0.2, 0.25) is 0 Å². The van der Waals surface area contributed by atoms with Crippen LogP contribution in [-0.4, -0.2) is 163 Å². The van der Waals surface area contributed by atoms with E-state index in [1.165, 1.54) is 19.6 Å². The van der Waals surface area contributed by atoms with Crippen LogP contribution >= 0.6 is 0 Å². The van der Waals surface area contributed by atoms with Gasteiger partial charge in [0.2, 0.25) is 41.4 Å². The summed E-state index contributed by atoms with van der Waals surface area (Å²) in [5, 5.41) is 32.2. The smallest absolute Gasteiger partial charge is 0.328 e. The van der Waals surface area contributed by atoms with Crippen molar-refractivity contribution >= 4 is 53.3 Å². The number of aliphatic hydroxyl groups is 1. The molecule has 288 valence electrons. The lowest BCUT2D eigenvalue weighted by molar-refractivity contribution is -0.153. The van der Waals surface area contributed by atoms with Gasteiger partial charge < -0.3 is 57.0 Å². The fourth-order valence-electron chi connectivity index (χ4n) is 7.51. The number of nitrogens with one attached hydrogen (secondary N) is 2. The third-order valence-corrected chi connectivity index (χ3v) is 10.1. The predicted molar refractivity (Wildman–Crippen MR) is 176 cm³/mol. The lowest BCUT2D eigenvalue weighted by Crippen LogP contribution is -2.59. The molecule has 7 amide bonds. The van der Waals surface area contributed by atoms with Gasteiger partial charge in [0, 0.05) is 32.6 Å². The van der Waals surface area contributed by atoms with Gasteiger partial charge in [-0.1, -0.05) is 0 Å². The molecule has 4 aliphatic rings. The number of hydrogen-bond donors (Lipinski definition) is 7. The Balaban J connectivity index is 1.44. The number of nitrogens with zero attached hydrogens (tertiary/aromatic N) is 4. The van der Waals surface area contributed by atoms with Crippen LogP contribution in [0.1, 0.15) is 70.6 Å². The lowest BCUT2D eigenvalue weighted by Gasteiger charge is -2.35. The van der Waals surface area contributed by atoms with Crippen molar-refractivity contribution in [2.75, 3.05) is 32.8 Å². The second-order valence-corrected chi connectivity index (χ2v) is 13.6. The Bertz CT molecular complexity index is 1440. The number of carbonyl (C=O) groups is 9. The number of hydrogen-bond acceptors (Lipinski definition) is 11. The molecule has 0 aliphatic carbocycles. The van der Waals surface area contributed by atoms with Crippen molar-refractivity contribution in [2.45, 2.75) is 113 Å². The molecule has 0 spiro atoms. The van der Waals surface area contributed by atoms with E-state index in [0.717, 1.165) is 0 Å². The number of carboxylic acid groups (broad SMARTS) is 2. The molecule has 0 saturated carbocycles. The fourth-order valence-corrected chi connectivity index (χ4v) is 7.51. The summed E-state index contributed by atoms with van der Waals surface area (Å²) in [6.07, 6.45) is 1.97. The molecular formula is C32H48N8O12. The molecule has 0 aromatic heterocycles. The number of likely N-dealkylation sites (tertiary alicyclic amines) is 4. The Labute approximate surface area is 299 Å². The summed E-state index contributed by atoms with van der Waals surface area (Å²) in [6.45, 7) is -0.0195. The third kappa shape index (κ3) is 9.14. The normalized spacial score (nSPS) is 24.7. The molecule has 4 saturated heterocycles. The highest BCUT2D eigenvalue weighted by atomic mass is 16.4. The molecule has 4 rings (SSSR count). The van der Waals surface area contributed by atoms with Gasteiger partial charge in [-0.15, -0.1) is 0 Å². The third-order valence-electron chi connectivity index (χ3n) is 10.1. The number of carbonyl (C=O) groups excluding carboxylic acids is 7. The predicted octanol–water partition coefficient (Wildman–Crippen LogP) is -3.94. The number of aliphatic carboxylic acids is 2. The summed E-state index contributed by atoms with van der Waals surface area (Å²) in [5.41, 5.74) is 11.0. The lowest BCUT2D eigenvalue weighted by atomic mass is 10.1. The first kappa shape index (κ1) is 39.9. The average molecular weight is 737 g/mol. The van der Waals surface area contributed by atoms with Gasteiger partial charge in [0.05, 0.1) is 19.1 Å². The Hall–Kier alpha value is -4.85. The van der Waals surface area contributed by atoms with Crippen molar-refractivity contribution in [1.29, 1.82) is 0 Å². The minimum Gasteiger partial charge on any atom is -0.481 e. The maximum atomic E-state index is 14.0. The van der Waals surface area contributed by atoms with E-state index in [0.29, 0.717) is 44.9 Å². The summed E-state index contributed by atoms with van der Waals surface area (Å²) in [7, 11) is 0. The molecule has 0 radical (unpaired) electrons. The van der Waals surface area contributed by atoms with Crippen molar-refractivity contribution in [2.24, 2.45) is 11.5 Å². The first-order chi connectivity index (χ1) is 24.7. The Morgan fingerprint density at radius 1 is 0.654 bits per heavy atom. The summed E-state index contributed by atoms with van der Waals surface area (Å²) in [5.74, 6) is -7.23. The highest BCUT2D eigenvalue weighted by Gasteiger charge is 2.48. The van der Waals surface area contributed by atoms with E-state index >= 15 is 0 Å². The van der Waals surface area contributed by atoms with Gasteiger partial charge in [-0.25, -0.2) is 4.79 Å². The summed E-state index contributed by atoms with van der Waals surface area (Å²) in [4.78, 5) is 121. The summed E-state index contributed by atoms with van der Waals surface area (Å²) in [6, 6.07) is -8.13. The van der Waals surface area contributed by atoms with Gasteiger partial charge in [-0.05, 0) is 57.8 Å². The molecule has 4 fully saturated rings. The van der Waals surface area contributed by atoms with Crippen molar-refractivity contribution < 1.29 is 58.5 Å². The Kier molecular flexibility index (Phi) is 13.5. The minimum absolute atomic E-state index is 0.183. The molecule has 7 atom stereocenters. The summed E-state index contributed by atoms with van der Waals surface area (Å²) >= 11 is 0. The number of nitrogens with two attached hydrogens (primary N) is 2. The van der Waals surface area contributed by atoms with Crippen molar-refractivity contribution in [3.8, 4) is 0 Å². The monoisotopic (exact) mass is 736 g/mol. The van der Waals surface area contributed by atoms with Crippen molar-refractivity contribution in [3.05, 3.63) is 0 Å². The van der Waals surface area contributed by atoms with Gasteiger partial charge in [0.25, 0.3) is 0 Å². The number of amides is 7. The zero-order valence-electron chi connectivity index (χ0n) is 28.8. The molecule has 20 nitrogen and oxygen atoms in total. The molecule has 9 N–H and O–H groups in total. The van der Waals surface area contributed by atoms with E-state index in [9.17, 15) is 53.4 Å². The van der Waals surface area contributed by atoms with Crippen molar-refractivity contribution in [3.63, 3.8) is 0 Å². The first-order valence-electron chi connectivity index (χ1n) is 17.6. The second kappa shape index (κ2) is 17.6. The topological polar surface area (TPSA) is 303 Å². The van der Waals surface area contributed by atoms with Crippen LogP contribution in [0, 0.1) is 0 Å². The van der Waals surface area contributed by atoms with E-state index in [-0.39, 0.29) is 45.4 Å². The number of primary amides is 1. The zero-order chi connectivity index (χ0) is 38.3. The second-order valence-electron chi connectivity index (χ2n) is 13.6. The maximum Gasteiger partial charge on any atom is 0.328 e. The van der Waals surface area contributed by atoms with Crippen LogP contribution in [0.4, 0.5) is 0 Å². The average Bonchev–Trinajstić information content (AvgIpc) is 3.93. The van der Waals surface area contributed by atoms with Gasteiger partial charge in [-0.2, -0.15) is 0 Å². The molecule has 52 heavy (non-hydrogen) atoms. The molecule has 0 unspecified atom stereocenters. The van der Waals surface area contributed by atoms with E-state index in [1.807, 2.05) is 0 Å². The molecule has 4 aliphatic heterocycles. The standard InChI is InChI=1S/C32H48N8O12/c33-17(15-25(43)44)28(47)38-12-2-6-21(38)30(49)40-14-4-8-23(40)31(50)39-13-3-7-22(39)29(48)37-11-1-5-20(37)27(46)35-18(9-10-24(34)42)26(45)36-19(16-41)32(51)52/h17-23,41H,1-16,33H2,(H2,34,42)(H,35,46)(H,36,45)(H,43,44)(H,51,52)/t17-,18-,19-,20-,21-,22-,23-/m0/s1. The van der Waals surface area contributed by atoms with E-state index < -0.39 is 109 Å². The van der Waals surface area contributed by atoms with Gasteiger partial charge >= 0.3 is 11.9 Å². The van der Waals surface area contributed by atoms with E-state index in [2.05, 4.69) is 10.6 Å². The van der Waals surface area contributed by atoms with E-state index in [4.69, 9.17) is 16.6 Å². The quantitative estimate of drug-likeness (QED) is 0.0846. The highest BCUT2D eigenvalue weighted by Crippen LogP contribution is 2.30. The fraction of sp³-hybridized carbons (Fsp3) is 0.719. The molecular weight excluding hydrogens is 688 g/mol. The number of carboxylic acids is 2. The van der Waals surface area contributed by atoms with Crippen LogP contribution in [-0.2, 0) is 43.2 Å². The Morgan fingerprint density at radius 2 is 1.10 bits per heavy atom. The minimum atomic E-state index is -1.66. The van der Waals surface area contributed by atoms with Gasteiger partial charge in [-0.3, -0.25) is 38.4 Å². The first-order valence-corrected chi connectivity index (χ1v) is 17.6. The SMILES string of the molecule is NC(=O)CC[C@H](NC(=O)[C@@H]1CCCN1C(=O)[C@@H]1CCCN1C(=O)[C@@H]1CCCN1C(=O)[C@@H]1CCCN1C(=O)[C@@H](N)CC(=O)O)C(=O)N[C@@H](CO)C(=O)O. The molecule has 4 heterocycles. The summed E-state index contributed by atoms with van der Waals surface area (Å²) < 4.78 is 0. The highest BCUT2D eigenvalue weighted by molar-refractivity contribution is 5.98. The van der Waals surface area contributed by atoms with Crippen LogP contribution < -0.4 is 22.1 Å². The number of aliphatic hydroxyl groups excluding tert-OH is 1. The van der Waals surface area contributed by atoms with Crippen LogP contribution in [0.25, 0.3) is 0 Å². The van der Waals surface area contributed by atoms with E-state index in [1.54, 1.807) is 0 Å². The molecule has 0 aromatic rings.